The SMILES string of the molecule is NC1(N)CCC(C(OC(=O)CCCCCCCCCCCCCCCCC=O)C2CCC(N)(N)CC2)CC1. The van der Waals surface area contributed by atoms with Gasteiger partial charge in [0.15, 0.2) is 0 Å². The lowest BCUT2D eigenvalue weighted by atomic mass is 9.71. The van der Waals surface area contributed by atoms with Crippen LogP contribution in [0.25, 0.3) is 0 Å². The zero-order valence-corrected chi connectivity index (χ0v) is 24.3. The lowest BCUT2D eigenvalue weighted by molar-refractivity contribution is -0.158. The number of aldehydes is 1. The van der Waals surface area contributed by atoms with Gasteiger partial charge in [-0.1, -0.05) is 77.0 Å². The molecule has 2 fully saturated rings. The molecule has 7 heteroatoms. The quantitative estimate of drug-likeness (QED) is 0.0650. The Morgan fingerprint density at radius 1 is 0.632 bits per heavy atom. The minimum Gasteiger partial charge on any atom is -0.462 e. The third-order valence-corrected chi connectivity index (χ3v) is 9.07. The van der Waals surface area contributed by atoms with Gasteiger partial charge in [0, 0.05) is 12.8 Å². The molecule has 0 spiro atoms. The molecule has 0 aromatic carbocycles. The van der Waals surface area contributed by atoms with Crippen LogP contribution in [0.3, 0.4) is 0 Å². The first-order valence-electron chi connectivity index (χ1n) is 16.0. The normalized spacial score (nSPS) is 20.0. The van der Waals surface area contributed by atoms with Crippen LogP contribution in [0.2, 0.25) is 0 Å². The highest BCUT2D eigenvalue weighted by atomic mass is 16.5. The van der Waals surface area contributed by atoms with Gasteiger partial charge in [-0.15, -0.1) is 0 Å². The summed E-state index contributed by atoms with van der Waals surface area (Å²) in [6.45, 7) is 0. The minimum atomic E-state index is -0.583. The van der Waals surface area contributed by atoms with Crippen molar-refractivity contribution in [1.29, 1.82) is 0 Å². The Balaban J connectivity index is 1.53. The molecule has 0 atom stereocenters. The molecule has 2 aliphatic carbocycles. The van der Waals surface area contributed by atoms with Gasteiger partial charge in [-0.25, -0.2) is 0 Å². The van der Waals surface area contributed by atoms with E-state index >= 15 is 0 Å². The fourth-order valence-electron chi connectivity index (χ4n) is 6.42. The molecule has 0 radical (unpaired) electrons. The van der Waals surface area contributed by atoms with Crippen LogP contribution in [0, 0.1) is 11.8 Å². The lowest BCUT2D eigenvalue weighted by Gasteiger charge is -2.43. The fourth-order valence-corrected chi connectivity index (χ4v) is 6.42. The molecule has 222 valence electrons. The Hall–Kier alpha value is -1.02. The largest absolute Gasteiger partial charge is 0.462 e. The average molecular weight is 537 g/mol. The maximum absolute atomic E-state index is 12.8. The molecule has 0 aromatic rings. The summed E-state index contributed by atoms with van der Waals surface area (Å²) in [6.07, 6.45) is 26.3. The molecule has 38 heavy (non-hydrogen) atoms. The topological polar surface area (TPSA) is 147 Å². The van der Waals surface area contributed by atoms with Crippen molar-refractivity contribution >= 4 is 12.3 Å². The molecular weight excluding hydrogens is 476 g/mol. The Kier molecular flexibility index (Phi) is 16.0. The lowest BCUT2D eigenvalue weighted by Crippen LogP contribution is -2.55. The van der Waals surface area contributed by atoms with E-state index in [9.17, 15) is 9.59 Å². The van der Waals surface area contributed by atoms with E-state index in [-0.39, 0.29) is 12.1 Å². The van der Waals surface area contributed by atoms with Crippen molar-refractivity contribution in [2.75, 3.05) is 0 Å². The summed E-state index contributed by atoms with van der Waals surface area (Å²) in [7, 11) is 0. The zero-order chi connectivity index (χ0) is 27.7. The highest BCUT2D eigenvalue weighted by molar-refractivity contribution is 5.69. The van der Waals surface area contributed by atoms with Gasteiger partial charge in [-0.2, -0.15) is 0 Å². The van der Waals surface area contributed by atoms with Crippen molar-refractivity contribution < 1.29 is 14.3 Å². The standard InChI is InChI=1S/C31H60N4O3/c32-30(33)21-17-26(18-22-30)29(27-19-23-31(34,35)24-20-27)38-28(37)16-14-12-10-8-6-4-2-1-3-5-7-9-11-13-15-25-36/h25-27,29H,1-24,32-35H2. The number of ether oxygens (including phenoxy) is 1. The van der Waals surface area contributed by atoms with E-state index in [0.29, 0.717) is 18.3 Å². The van der Waals surface area contributed by atoms with Crippen molar-refractivity contribution in [3.63, 3.8) is 0 Å². The number of nitrogens with two attached hydrogens (primary N) is 4. The van der Waals surface area contributed by atoms with Gasteiger partial charge in [-0.05, 0) is 76.0 Å². The molecule has 0 bridgehead atoms. The number of unbranched alkanes of at least 4 members (excludes halogenated alkanes) is 14. The highest BCUT2D eigenvalue weighted by Crippen LogP contribution is 2.39. The van der Waals surface area contributed by atoms with Crippen molar-refractivity contribution in [3.8, 4) is 0 Å². The highest BCUT2D eigenvalue weighted by Gasteiger charge is 2.40. The van der Waals surface area contributed by atoms with Crippen LogP contribution < -0.4 is 22.9 Å². The summed E-state index contributed by atoms with van der Waals surface area (Å²) in [6, 6.07) is 0. The number of hydrogen-bond acceptors (Lipinski definition) is 7. The molecule has 0 saturated heterocycles. The Labute approximate surface area is 232 Å². The molecule has 0 amide bonds. The molecule has 0 aromatic heterocycles. The minimum absolute atomic E-state index is 0.0478. The van der Waals surface area contributed by atoms with Crippen molar-refractivity contribution in [1.82, 2.24) is 0 Å². The number of hydrogen-bond donors (Lipinski definition) is 4. The summed E-state index contributed by atoms with van der Waals surface area (Å²) in [5.41, 5.74) is 23.5. The van der Waals surface area contributed by atoms with Gasteiger partial charge >= 0.3 is 5.97 Å². The van der Waals surface area contributed by atoms with Gasteiger partial charge in [-0.3, -0.25) is 4.79 Å². The van der Waals surface area contributed by atoms with Crippen molar-refractivity contribution in [3.05, 3.63) is 0 Å². The van der Waals surface area contributed by atoms with Gasteiger partial charge in [0.1, 0.15) is 12.4 Å². The third kappa shape index (κ3) is 14.4. The van der Waals surface area contributed by atoms with Crippen LogP contribution >= 0.6 is 0 Å². The first-order chi connectivity index (χ1) is 18.2. The van der Waals surface area contributed by atoms with E-state index in [2.05, 4.69) is 0 Å². The van der Waals surface area contributed by atoms with E-state index < -0.39 is 11.3 Å². The predicted molar refractivity (Wildman–Crippen MR) is 156 cm³/mol. The molecule has 2 aliphatic rings. The van der Waals surface area contributed by atoms with Crippen LogP contribution in [0.4, 0.5) is 0 Å². The fraction of sp³-hybridized carbons (Fsp3) is 0.935. The third-order valence-electron chi connectivity index (χ3n) is 9.07. The first kappa shape index (κ1) is 33.2. The van der Waals surface area contributed by atoms with Crippen LogP contribution in [-0.4, -0.2) is 29.7 Å². The van der Waals surface area contributed by atoms with Gasteiger partial charge < -0.3 is 32.5 Å². The van der Waals surface area contributed by atoms with E-state index in [1.807, 2.05) is 0 Å². The van der Waals surface area contributed by atoms with Crippen LogP contribution in [-0.2, 0) is 14.3 Å². The summed E-state index contributed by atoms with van der Waals surface area (Å²) in [5, 5.41) is 0. The zero-order valence-electron chi connectivity index (χ0n) is 24.3. The maximum Gasteiger partial charge on any atom is 0.306 e. The molecule has 0 unspecified atom stereocenters. The Morgan fingerprint density at radius 3 is 1.34 bits per heavy atom. The summed E-state index contributed by atoms with van der Waals surface area (Å²) in [5.74, 6) is 0.620. The van der Waals surface area contributed by atoms with E-state index in [1.165, 1.54) is 70.6 Å². The summed E-state index contributed by atoms with van der Waals surface area (Å²) >= 11 is 0. The second-order valence-corrected chi connectivity index (χ2v) is 12.8. The number of carbonyl (C=O) groups excluding carboxylic acids is 2. The molecule has 0 aliphatic heterocycles. The smallest absolute Gasteiger partial charge is 0.306 e. The predicted octanol–water partition coefficient (Wildman–Crippen LogP) is 5.95. The van der Waals surface area contributed by atoms with Crippen molar-refractivity contribution in [2.24, 2.45) is 34.8 Å². The number of rotatable bonds is 20. The molecule has 7 nitrogen and oxygen atoms in total. The molecular formula is C31H60N4O3. The molecule has 8 N–H and O–H groups in total. The molecule has 2 rings (SSSR count). The first-order valence-corrected chi connectivity index (χ1v) is 16.0. The van der Waals surface area contributed by atoms with Crippen LogP contribution in [0.1, 0.15) is 154 Å². The monoisotopic (exact) mass is 536 g/mol. The average Bonchev–Trinajstić information content (AvgIpc) is 2.87. The molecule has 0 heterocycles. The Morgan fingerprint density at radius 2 is 0.974 bits per heavy atom. The Bertz CT molecular complexity index is 607. The van der Waals surface area contributed by atoms with E-state index in [1.54, 1.807) is 0 Å². The number of esters is 1. The summed E-state index contributed by atoms with van der Waals surface area (Å²) in [4.78, 5) is 23.1. The van der Waals surface area contributed by atoms with Crippen LogP contribution in [0.15, 0.2) is 0 Å². The summed E-state index contributed by atoms with van der Waals surface area (Å²) < 4.78 is 6.17. The van der Waals surface area contributed by atoms with Crippen molar-refractivity contribution in [2.45, 2.75) is 172 Å². The van der Waals surface area contributed by atoms with E-state index in [0.717, 1.165) is 83.3 Å². The van der Waals surface area contributed by atoms with Crippen LogP contribution in [0.5, 0.6) is 0 Å². The van der Waals surface area contributed by atoms with Gasteiger partial charge in [0.25, 0.3) is 0 Å². The van der Waals surface area contributed by atoms with E-state index in [4.69, 9.17) is 27.7 Å². The number of carbonyl (C=O) groups is 2. The van der Waals surface area contributed by atoms with Gasteiger partial charge in [0.05, 0.1) is 11.3 Å². The molecule has 2 saturated carbocycles. The maximum atomic E-state index is 12.8. The second kappa shape index (κ2) is 18.4. The second-order valence-electron chi connectivity index (χ2n) is 12.8. The van der Waals surface area contributed by atoms with Gasteiger partial charge in [0.2, 0.25) is 0 Å².